The molecule has 0 saturated carbocycles. The molecule has 38 heavy (non-hydrogen) atoms. The molecule has 0 aliphatic carbocycles. The normalized spacial score (nSPS) is 19.7. The Bertz CT molecular complexity index is 1150. The van der Waals surface area contributed by atoms with Crippen LogP contribution in [0.2, 0.25) is 0 Å². The molecule has 2 fully saturated rings. The van der Waals surface area contributed by atoms with E-state index in [2.05, 4.69) is 4.90 Å². The number of rotatable bonds is 11. The molecule has 2 heterocycles. The summed E-state index contributed by atoms with van der Waals surface area (Å²) >= 11 is 0. The number of ether oxygens (including phenoxy) is 3. The highest BCUT2D eigenvalue weighted by molar-refractivity contribution is 6.46. The zero-order valence-electron chi connectivity index (χ0n) is 22.6. The fourth-order valence-corrected chi connectivity index (χ4v) is 4.85. The summed E-state index contributed by atoms with van der Waals surface area (Å²) in [5.74, 6) is -0.0262. The lowest BCUT2D eigenvalue weighted by Crippen LogP contribution is -2.42. The lowest BCUT2D eigenvalue weighted by atomic mass is 9.94. The van der Waals surface area contributed by atoms with Crippen molar-refractivity contribution in [3.05, 3.63) is 64.7 Å². The summed E-state index contributed by atoms with van der Waals surface area (Å²) in [6.07, 6.45) is 1.78. The highest BCUT2D eigenvalue weighted by Crippen LogP contribution is 2.40. The number of Topliss-reactive ketones (excluding diaryl/α,β-unsaturated/α-hetero) is 1. The number of likely N-dealkylation sites (tertiary alicyclic amines) is 1. The minimum absolute atomic E-state index is 0.101. The number of morpholine rings is 1. The molecule has 8 heteroatoms. The zero-order valence-corrected chi connectivity index (χ0v) is 22.6. The summed E-state index contributed by atoms with van der Waals surface area (Å²) in [6.45, 7) is 11.0. The van der Waals surface area contributed by atoms with Crippen LogP contribution in [0.1, 0.15) is 49.4 Å². The first-order valence-corrected chi connectivity index (χ1v) is 13.5. The maximum atomic E-state index is 13.4. The Morgan fingerprint density at radius 2 is 1.58 bits per heavy atom. The number of hydrogen-bond acceptors (Lipinski definition) is 7. The van der Waals surface area contributed by atoms with Gasteiger partial charge in [0, 0.05) is 31.7 Å². The Kier molecular flexibility index (Phi) is 9.42. The van der Waals surface area contributed by atoms with E-state index in [4.69, 9.17) is 14.2 Å². The SMILES string of the molecule is CCCOc1ccc(C2C(=C(O)c3ccc(OCCC)cc3C)C(=O)C(=O)N2CCN2CCOCC2)cc1. The highest BCUT2D eigenvalue weighted by Gasteiger charge is 2.46. The van der Waals surface area contributed by atoms with Crippen LogP contribution in [0.15, 0.2) is 48.0 Å². The van der Waals surface area contributed by atoms with E-state index < -0.39 is 17.7 Å². The topological polar surface area (TPSA) is 88.5 Å². The summed E-state index contributed by atoms with van der Waals surface area (Å²) in [4.78, 5) is 30.5. The highest BCUT2D eigenvalue weighted by atomic mass is 16.5. The van der Waals surface area contributed by atoms with Gasteiger partial charge in [-0.05, 0) is 61.2 Å². The largest absolute Gasteiger partial charge is 0.507 e. The van der Waals surface area contributed by atoms with E-state index >= 15 is 0 Å². The number of carbonyl (C=O) groups excluding carboxylic acids is 2. The number of amides is 1. The van der Waals surface area contributed by atoms with Gasteiger partial charge < -0.3 is 24.2 Å². The first kappa shape index (κ1) is 27.7. The Hall–Kier alpha value is -3.36. The molecule has 2 aliphatic rings. The average molecular weight is 523 g/mol. The third-order valence-corrected chi connectivity index (χ3v) is 6.90. The molecule has 1 atom stereocenters. The van der Waals surface area contributed by atoms with E-state index in [0.717, 1.165) is 42.8 Å². The van der Waals surface area contributed by atoms with Gasteiger partial charge in [0.1, 0.15) is 17.3 Å². The number of aliphatic hydroxyl groups excluding tert-OH is 1. The second-order valence-corrected chi connectivity index (χ2v) is 9.69. The van der Waals surface area contributed by atoms with E-state index in [1.165, 1.54) is 0 Å². The van der Waals surface area contributed by atoms with Crippen molar-refractivity contribution in [2.24, 2.45) is 0 Å². The Morgan fingerprint density at radius 1 is 0.947 bits per heavy atom. The van der Waals surface area contributed by atoms with Crippen LogP contribution < -0.4 is 9.47 Å². The minimum Gasteiger partial charge on any atom is -0.507 e. The predicted octanol–water partition coefficient (Wildman–Crippen LogP) is 4.33. The third-order valence-electron chi connectivity index (χ3n) is 6.90. The fraction of sp³-hybridized carbons (Fsp3) is 0.467. The first-order valence-electron chi connectivity index (χ1n) is 13.5. The maximum absolute atomic E-state index is 13.4. The molecular formula is C30H38N2O6. The monoisotopic (exact) mass is 522 g/mol. The molecule has 2 aromatic carbocycles. The second-order valence-electron chi connectivity index (χ2n) is 9.69. The Balaban J connectivity index is 1.70. The van der Waals surface area contributed by atoms with Crippen LogP contribution in [-0.4, -0.2) is 79.2 Å². The van der Waals surface area contributed by atoms with Crippen LogP contribution in [0, 0.1) is 6.92 Å². The van der Waals surface area contributed by atoms with Crippen LogP contribution in [0.3, 0.4) is 0 Å². The number of aryl methyl sites for hydroxylation is 1. The first-order chi connectivity index (χ1) is 18.4. The van der Waals surface area contributed by atoms with Gasteiger partial charge in [-0.25, -0.2) is 0 Å². The fourth-order valence-electron chi connectivity index (χ4n) is 4.85. The molecule has 8 nitrogen and oxygen atoms in total. The number of ketones is 1. The van der Waals surface area contributed by atoms with E-state index in [1.807, 2.05) is 51.1 Å². The maximum Gasteiger partial charge on any atom is 0.295 e. The Labute approximate surface area is 224 Å². The van der Waals surface area contributed by atoms with E-state index in [1.54, 1.807) is 17.0 Å². The molecule has 2 saturated heterocycles. The van der Waals surface area contributed by atoms with Crippen molar-refractivity contribution in [3.63, 3.8) is 0 Å². The number of carbonyl (C=O) groups is 2. The Morgan fingerprint density at radius 3 is 2.21 bits per heavy atom. The van der Waals surface area contributed by atoms with Crippen LogP contribution in [0.25, 0.3) is 5.76 Å². The van der Waals surface area contributed by atoms with Crippen molar-refractivity contribution in [1.82, 2.24) is 9.80 Å². The van der Waals surface area contributed by atoms with Crippen molar-refractivity contribution in [1.29, 1.82) is 0 Å². The molecule has 0 aromatic heterocycles. The van der Waals surface area contributed by atoms with Crippen molar-refractivity contribution < 1.29 is 28.9 Å². The van der Waals surface area contributed by atoms with Gasteiger partial charge in [-0.15, -0.1) is 0 Å². The van der Waals surface area contributed by atoms with E-state index in [9.17, 15) is 14.7 Å². The van der Waals surface area contributed by atoms with Gasteiger partial charge in [-0.3, -0.25) is 14.5 Å². The molecular weight excluding hydrogens is 484 g/mol. The molecule has 0 radical (unpaired) electrons. The number of hydrogen-bond donors (Lipinski definition) is 1. The lowest BCUT2D eigenvalue weighted by molar-refractivity contribution is -0.140. The van der Waals surface area contributed by atoms with E-state index in [-0.39, 0.29) is 11.3 Å². The number of nitrogens with zero attached hydrogens (tertiary/aromatic N) is 2. The summed E-state index contributed by atoms with van der Waals surface area (Å²) < 4.78 is 16.9. The van der Waals surface area contributed by atoms with Gasteiger partial charge in [0.25, 0.3) is 11.7 Å². The van der Waals surface area contributed by atoms with Gasteiger partial charge in [0.15, 0.2) is 0 Å². The molecule has 2 aromatic rings. The molecule has 1 unspecified atom stereocenters. The van der Waals surface area contributed by atoms with Gasteiger partial charge in [0.2, 0.25) is 0 Å². The van der Waals surface area contributed by atoms with Crippen LogP contribution >= 0.6 is 0 Å². The molecule has 1 amide bonds. The van der Waals surface area contributed by atoms with Crippen molar-refractivity contribution in [2.75, 3.05) is 52.6 Å². The van der Waals surface area contributed by atoms with Crippen molar-refractivity contribution in [3.8, 4) is 11.5 Å². The van der Waals surface area contributed by atoms with Gasteiger partial charge >= 0.3 is 0 Å². The summed E-state index contributed by atoms with van der Waals surface area (Å²) in [7, 11) is 0. The predicted molar refractivity (Wildman–Crippen MR) is 145 cm³/mol. The number of benzene rings is 2. The van der Waals surface area contributed by atoms with Gasteiger partial charge in [-0.2, -0.15) is 0 Å². The quantitative estimate of drug-likeness (QED) is 0.267. The molecule has 204 valence electrons. The lowest BCUT2D eigenvalue weighted by Gasteiger charge is -2.31. The molecule has 2 aliphatic heterocycles. The van der Waals surface area contributed by atoms with E-state index in [0.29, 0.717) is 50.8 Å². The average Bonchev–Trinajstić information content (AvgIpc) is 3.19. The molecule has 0 bridgehead atoms. The minimum atomic E-state index is -0.702. The zero-order chi connectivity index (χ0) is 27.1. The van der Waals surface area contributed by atoms with Gasteiger partial charge in [-0.1, -0.05) is 26.0 Å². The van der Waals surface area contributed by atoms with Crippen LogP contribution in [0.4, 0.5) is 0 Å². The van der Waals surface area contributed by atoms with Gasteiger partial charge in [0.05, 0.1) is 38.0 Å². The summed E-state index contributed by atoms with van der Waals surface area (Å²) in [5.41, 5.74) is 2.12. The standard InChI is InChI=1S/C30H38N2O6/c1-4-16-37-23-8-6-22(7-9-23)27-26(28(33)25-11-10-24(20-21(25)3)38-17-5-2)29(34)30(35)32(27)13-12-31-14-18-36-19-15-31/h6-11,20,27,33H,4-5,12-19H2,1-3H3. The molecule has 1 N–H and O–H groups in total. The number of aliphatic hydroxyl groups is 1. The van der Waals surface area contributed by atoms with Crippen molar-refractivity contribution in [2.45, 2.75) is 39.7 Å². The summed E-state index contributed by atoms with van der Waals surface area (Å²) in [5, 5.41) is 11.5. The molecule has 0 spiro atoms. The van der Waals surface area contributed by atoms with Crippen LogP contribution in [0.5, 0.6) is 11.5 Å². The summed E-state index contributed by atoms with van der Waals surface area (Å²) in [6, 6.07) is 12.1. The van der Waals surface area contributed by atoms with Crippen molar-refractivity contribution >= 4 is 17.4 Å². The van der Waals surface area contributed by atoms with Crippen LogP contribution in [-0.2, 0) is 14.3 Å². The smallest absolute Gasteiger partial charge is 0.295 e. The second kappa shape index (κ2) is 12.9. The molecule has 4 rings (SSSR count). The third kappa shape index (κ3) is 6.19.